The van der Waals surface area contributed by atoms with E-state index in [0.717, 1.165) is 0 Å². The molecule has 0 aliphatic carbocycles. The fourth-order valence-electron chi connectivity index (χ4n) is 2.31. The lowest BCUT2D eigenvalue weighted by Crippen LogP contribution is -2.32. The SMILES string of the molecule is C[C@@H](CC#Cc1cnc(N)c(Cl)c1Cl)NC(=O)c1nc2c(Cl)cccc2[nH]1. The minimum absolute atomic E-state index is 0.152. The Morgan fingerprint density at radius 1 is 1.33 bits per heavy atom. The van der Waals surface area contributed by atoms with Crippen molar-refractivity contribution in [1.82, 2.24) is 20.3 Å². The molecule has 4 N–H and O–H groups in total. The Bertz CT molecular complexity index is 1080. The molecule has 0 radical (unpaired) electrons. The molecule has 0 aliphatic rings. The number of benzene rings is 1. The Labute approximate surface area is 170 Å². The molecule has 1 amide bonds. The smallest absolute Gasteiger partial charge is 0.287 e. The van der Waals surface area contributed by atoms with Crippen LogP contribution in [0.15, 0.2) is 24.4 Å². The Morgan fingerprint density at radius 2 is 2.11 bits per heavy atom. The van der Waals surface area contributed by atoms with E-state index in [4.69, 9.17) is 40.5 Å². The van der Waals surface area contributed by atoms with Crippen LogP contribution in [0.2, 0.25) is 15.1 Å². The van der Waals surface area contributed by atoms with Crippen LogP contribution in [0.3, 0.4) is 0 Å². The zero-order valence-corrected chi connectivity index (χ0v) is 16.4. The summed E-state index contributed by atoms with van der Waals surface area (Å²) >= 11 is 18.1. The molecule has 27 heavy (non-hydrogen) atoms. The van der Waals surface area contributed by atoms with Crippen molar-refractivity contribution in [2.24, 2.45) is 0 Å². The number of carbonyl (C=O) groups is 1. The van der Waals surface area contributed by atoms with Crippen molar-refractivity contribution in [3.05, 3.63) is 50.9 Å². The van der Waals surface area contributed by atoms with Gasteiger partial charge < -0.3 is 16.0 Å². The van der Waals surface area contributed by atoms with Crippen LogP contribution in [0, 0.1) is 11.8 Å². The molecule has 138 valence electrons. The predicted molar refractivity (Wildman–Crippen MR) is 108 cm³/mol. The van der Waals surface area contributed by atoms with E-state index in [1.807, 2.05) is 6.92 Å². The number of anilines is 1. The number of nitrogen functional groups attached to an aromatic ring is 1. The first-order valence-corrected chi connectivity index (χ1v) is 9.03. The standard InChI is InChI=1S/C18H14Cl3N5O/c1-9(4-2-5-10-8-23-16(22)14(21)13(10)20)24-18(27)17-25-12-7-3-6-11(19)15(12)26-17/h3,6-9H,4H2,1H3,(H2,22,23)(H,24,27)(H,25,26)/t9-/m0/s1. The van der Waals surface area contributed by atoms with Gasteiger partial charge in [0, 0.05) is 18.7 Å². The van der Waals surface area contributed by atoms with Crippen LogP contribution in [0.4, 0.5) is 5.82 Å². The third-order valence-electron chi connectivity index (χ3n) is 3.67. The van der Waals surface area contributed by atoms with E-state index < -0.39 is 0 Å². The van der Waals surface area contributed by atoms with Crippen molar-refractivity contribution in [3.63, 3.8) is 0 Å². The monoisotopic (exact) mass is 421 g/mol. The van der Waals surface area contributed by atoms with E-state index in [1.54, 1.807) is 18.2 Å². The molecule has 3 rings (SSSR count). The molecule has 9 heteroatoms. The molecule has 0 bridgehead atoms. The molecule has 1 atom stereocenters. The van der Waals surface area contributed by atoms with Gasteiger partial charge in [-0.2, -0.15) is 0 Å². The fourth-order valence-corrected chi connectivity index (χ4v) is 2.87. The Hall–Kier alpha value is -2.46. The minimum atomic E-state index is -0.341. The van der Waals surface area contributed by atoms with Gasteiger partial charge in [-0.05, 0) is 19.1 Å². The lowest BCUT2D eigenvalue weighted by molar-refractivity contribution is 0.0931. The van der Waals surface area contributed by atoms with Crippen molar-refractivity contribution in [2.75, 3.05) is 5.73 Å². The third kappa shape index (κ3) is 4.28. The van der Waals surface area contributed by atoms with Crippen LogP contribution >= 0.6 is 34.8 Å². The number of amides is 1. The van der Waals surface area contributed by atoms with E-state index in [9.17, 15) is 4.79 Å². The minimum Gasteiger partial charge on any atom is -0.382 e. The lowest BCUT2D eigenvalue weighted by Gasteiger charge is -2.09. The first kappa shape index (κ1) is 19.3. The number of para-hydroxylation sites is 1. The van der Waals surface area contributed by atoms with E-state index in [-0.39, 0.29) is 33.6 Å². The number of aromatic nitrogens is 3. The number of halogens is 3. The Balaban J connectivity index is 1.66. The highest BCUT2D eigenvalue weighted by atomic mass is 35.5. The van der Waals surface area contributed by atoms with Crippen molar-refractivity contribution in [3.8, 4) is 11.8 Å². The zero-order chi connectivity index (χ0) is 19.6. The summed E-state index contributed by atoms with van der Waals surface area (Å²) in [4.78, 5) is 23.4. The van der Waals surface area contributed by atoms with Gasteiger partial charge in [-0.25, -0.2) is 9.97 Å². The average molecular weight is 423 g/mol. The van der Waals surface area contributed by atoms with Gasteiger partial charge in [0.1, 0.15) is 16.4 Å². The first-order chi connectivity index (χ1) is 12.9. The van der Waals surface area contributed by atoms with Gasteiger partial charge in [0.2, 0.25) is 0 Å². The second-order valence-corrected chi connectivity index (χ2v) is 6.95. The van der Waals surface area contributed by atoms with E-state index in [2.05, 4.69) is 32.1 Å². The van der Waals surface area contributed by atoms with Gasteiger partial charge in [0.05, 0.1) is 21.1 Å². The number of nitrogens with one attached hydrogen (secondary N) is 2. The number of carbonyl (C=O) groups excluding carboxylic acids is 1. The molecule has 1 aromatic carbocycles. The van der Waals surface area contributed by atoms with E-state index in [0.29, 0.717) is 28.0 Å². The van der Waals surface area contributed by atoms with Crippen LogP contribution in [-0.4, -0.2) is 26.9 Å². The molecular formula is C18H14Cl3N5O. The van der Waals surface area contributed by atoms with Crippen molar-refractivity contribution in [1.29, 1.82) is 0 Å². The molecular weight excluding hydrogens is 409 g/mol. The quantitative estimate of drug-likeness (QED) is 0.554. The maximum Gasteiger partial charge on any atom is 0.287 e. The number of hydrogen-bond acceptors (Lipinski definition) is 4. The number of nitrogens with zero attached hydrogens (tertiary/aromatic N) is 2. The largest absolute Gasteiger partial charge is 0.382 e. The number of H-pyrrole nitrogens is 1. The number of imidazole rings is 1. The number of rotatable bonds is 3. The summed E-state index contributed by atoms with van der Waals surface area (Å²) in [5, 5.41) is 3.74. The Morgan fingerprint density at radius 3 is 2.85 bits per heavy atom. The topological polar surface area (TPSA) is 96.7 Å². The highest BCUT2D eigenvalue weighted by Gasteiger charge is 2.15. The summed E-state index contributed by atoms with van der Waals surface area (Å²) in [5.41, 5.74) is 7.30. The fraction of sp³-hybridized carbons (Fsp3) is 0.167. The number of fused-ring (bicyclic) bond motifs is 1. The van der Waals surface area contributed by atoms with Gasteiger partial charge in [-0.15, -0.1) is 0 Å². The first-order valence-electron chi connectivity index (χ1n) is 7.90. The average Bonchev–Trinajstić information content (AvgIpc) is 3.07. The number of aromatic amines is 1. The van der Waals surface area contributed by atoms with Crippen molar-refractivity contribution in [2.45, 2.75) is 19.4 Å². The van der Waals surface area contributed by atoms with Gasteiger partial charge in [0.25, 0.3) is 5.91 Å². The zero-order valence-electron chi connectivity index (χ0n) is 14.1. The van der Waals surface area contributed by atoms with Crippen molar-refractivity contribution >= 4 is 57.6 Å². The van der Waals surface area contributed by atoms with Gasteiger partial charge in [-0.1, -0.05) is 52.7 Å². The highest BCUT2D eigenvalue weighted by Crippen LogP contribution is 2.28. The van der Waals surface area contributed by atoms with Gasteiger partial charge >= 0.3 is 0 Å². The number of hydrogen-bond donors (Lipinski definition) is 3. The Kier molecular flexibility index (Phi) is 5.76. The van der Waals surface area contributed by atoms with E-state index >= 15 is 0 Å². The molecule has 0 fully saturated rings. The van der Waals surface area contributed by atoms with Crippen LogP contribution in [0.1, 0.15) is 29.5 Å². The summed E-state index contributed by atoms with van der Waals surface area (Å²) in [5.74, 6) is 5.82. The molecule has 6 nitrogen and oxygen atoms in total. The molecule has 0 saturated carbocycles. The molecule has 0 aliphatic heterocycles. The summed E-state index contributed by atoms with van der Waals surface area (Å²) in [7, 11) is 0. The van der Waals surface area contributed by atoms with E-state index in [1.165, 1.54) is 6.20 Å². The molecule has 2 heterocycles. The number of pyridine rings is 1. The summed E-state index contributed by atoms with van der Waals surface area (Å²) in [6, 6.07) is 5.08. The maximum absolute atomic E-state index is 12.3. The molecule has 0 unspecified atom stereocenters. The lowest BCUT2D eigenvalue weighted by atomic mass is 10.2. The molecule has 3 aromatic rings. The summed E-state index contributed by atoms with van der Waals surface area (Å²) < 4.78 is 0. The van der Waals surface area contributed by atoms with Crippen LogP contribution in [0.25, 0.3) is 11.0 Å². The number of nitrogens with two attached hydrogens (primary N) is 1. The highest BCUT2D eigenvalue weighted by molar-refractivity contribution is 6.44. The molecule has 0 saturated heterocycles. The second-order valence-electron chi connectivity index (χ2n) is 5.79. The van der Waals surface area contributed by atoms with Crippen molar-refractivity contribution < 1.29 is 4.79 Å². The maximum atomic E-state index is 12.3. The van der Waals surface area contributed by atoms with Gasteiger partial charge in [-0.3, -0.25) is 4.79 Å². The van der Waals surface area contributed by atoms with Crippen LogP contribution in [-0.2, 0) is 0 Å². The molecule has 2 aromatic heterocycles. The normalized spacial score (nSPS) is 11.7. The molecule has 0 spiro atoms. The second kappa shape index (κ2) is 8.05. The van der Waals surface area contributed by atoms with Crippen LogP contribution in [0.5, 0.6) is 0 Å². The van der Waals surface area contributed by atoms with Gasteiger partial charge in [0.15, 0.2) is 5.82 Å². The van der Waals surface area contributed by atoms with Crippen LogP contribution < -0.4 is 11.1 Å². The summed E-state index contributed by atoms with van der Waals surface area (Å²) in [6.45, 7) is 1.83. The third-order valence-corrected chi connectivity index (χ3v) is 4.85. The predicted octanol–water partition coefficient (Wildman–Crippen LogP) is 4.06. The summed E-state index contributed by atoms with van der Waals surface area (Å²) in [6.07, 6.45) is 1.85.